The summed E-state index contributed by atoms with van der Waals surface area (Å²) in [7, 11) is 1.78. The SMILES string of the molecule is CN=C(NCCc1ccc2c(c1)CCO2)NCc1ccc(C(=O)N2CCCCC2)cc1. The van der Waals surface area contributed by atoms with Gasteiger partial charge in [-0.15, -0.1) is 0 Å². The van der Waals surface area contributed by atoms with E-state index in [1.54, 1.807) is 7.05 Å². The van der Waals surface area contributed by atoms with Crippen molar-refractivity contribution in [2.24, 2.45) is 4.99 Å². The molecule has 1 amide bonds. The normalized spacial score (nSPS) is 15.9. The third-order valence-electron chi connectivity index (χ3n) is 5.99. The molecule has 2 aromatic carbocycles. The van der Waals surface area contributed by atoms with Gasteiger partial charge >= 0.3 is 0 Å². The van der Waals surface area contributed by atoms with E-state index in [1.807, 2.05) is 29.2 Å². The van der Waals surface area contributed by atoms with Crippen LogP contribution in [0, 0.1) is 0 Å². The number of carbonyl (C=O) groups is 1. The standard InChI is InChI=1S/C25H32N4O2/c1-26-25(27-13-11-19-7-10-23-22(17-19)12-16-31-23)28-18-20-5-8-21(9-6-20)24(30)29-14-3-2-4-15-29/h5-10,17H,2-4,11-16,18H2,1H3,(H2,26,27,28). The van der Waals surface area contributed by atoms with Crippen molar-refractivity contribution < 1.29 is 9.53 Å². The van der Waals surface area contributed by atoms with Crippen molar-refractivity contribution in [1.29, 1.82) is 0 Å². The van der Waals surface area contributed by atoms with Gasteiger partial charge in [0.25, 0.3) is 5.91 Å². The minimum absolute atomic E-state index is 0.148. The Balaban J connectivity index is 1.22. The molecular weight excluding hydrogens is 388 g/mol. The highest BCUT2D eigenvalue weighted by Crippen LogP contribution is 2.25. The van der Waals surface area contributed by atoms with Crippen molar-refractivity contribution in [2.75, 3.05) is 33.3 Å². The van der Waals surface area contributed by atoms with Gasteiger partial charge < -0.3 is 20.3 Å². The number of likely N-dealkylation sites (tertiary alicyclic amines) is 1. The Morgan fingerprint density at radius 3 is 2.58 bits per heavy atom. The Kier molecular flexibility index (Phi) is 7.07. The fourth-order valence-corrected chi connectivity index (χ4v) is 4.17. The zero-order valence-corrected chi connectivity index (χ0v) is 18.3. The van der Waals surface area contributed by atoms with Crippen LogP contribution < -0.4 is 15.4 Å². The van der Waals surface area contributed by atoms with Crippen LogP contribution in [-0.2, 0) is 19.4 Å². The van der Waals surface area contributed by atoms with Gasteiger partial charge in [-0.25, -0.2) is 0 Å². The number of benzene rings is 2. The summed E-state index contributed by atoms with van der Waals surface area (Å²) in [6.07, 6.45) is 5.39. The number of ether oxygens (including phenoxy) is 1. The smallest absolute Gasteiger partial charge is 0.253 e. The zero-order valence-electron chi connectivity index (χ0n) is 18.3. The molecule has 2 heterocycles. The number of nitrogens with one attached hydrogen (secondary N) is 2. The first-order chi connectivity index (χ1) is 15.2. The number of carbonyl (C=O) groups excluding carboxylic acids is 1. The van der Waals surface area contributed by atoms with E-state index in [2.05, 4.69) is 33.8 Å². The third kappa shape index (κ3) is 5.57. The first-order valence-corrected chi connectivity index (χ1v) is 11.3. The molecule has 31 heavy (non-hydrogen) atoms. The molecule has 0 aliphatic carbocycles. The molecule has 0 spiro atoms. The van der Waals surface area contributed by atoms with E-state index in [9.17, 15) is 4.79 Å². The lowest BCUT2D eigenvalue weighted by atomic mass is 10.1. The second kappa shape index (κ2) is 10.3. The van der Waals surface area contributed by atoms with Crippen LogP contribution in [-0.4, -0.2) is 50.1 Å². The number of nitrogens with zero attached hydrogens (tertiary/aromatic N) is 2. The molecule has 0 unspecified atom stereocenters. The summed E-state index contributed by atoms with van der Waals surface area (Å²) < 4.78 is 5.57. The largest absolute Gasteiger partial charge is 0.493 e. The van der Waals surface area contributed by atoms with Gasteiger partial charge in [0, 0.05) is 45.2 Å². The molecule has 6 heteroatoms. The number of fused-ring (bicyclic) bond motifs is 1. The molecule has 0 saturated carbocycles. The van der Waals surface area contributed by atoms with Gasteiger partial charge in [0.05, 0.1) is 6.61 Å². The highest BCUT2D eigenvalue weighted by atomic mass is 16.5. The molecular formula is C25H32N4O2. The molecule has 0 radical (unpaired) electrons. The van der Waals surface area contributed by atoms with E-state index in [4.69, 9.17) is 4.74 Å². The average molecular weight is 421 g/mol. The monoisotopic (exact) mass is 420 g/mol. The van der Waals surface area contributed by atoms with E-state index in [0.29, 0.717) is 6.54 Å². The average Bonchev–Trinajstić information content (AvgIpc) is 3.30. The molecule has 4 rings (SSSR count). The van der Waals surface area contributed by atoms with Crippen molar-refractivity contribution in [3.63, 3.8) is 0 Å². The van der Waals surface area contributed by atoms with Gasteiger partial charge in [-0.1, -0.05) is 24.3 Å². The fourth-order valence-electron chi connectivity index (χ4n) is 4.17. The van der Waals surface area contributed by atoms with Gasteiger partial charge in [-0.3, -0.25) is 9.79 Å². The van der Waals surface area contributed by atoms with Gasteiger partial charge in [0.1, 0.15) is 5.75 Å². The summed E-state index contributed by atoms with van der Waals surface area (Å²) in [5, 5.41) is 6.72. The maximum atomic E-state index is 12.6. The number of hydrogen-bond acceptors (Lipinski definition) is 3. The van der Waals surface area contributed by atoms with Gasteiger partial charge in [0.2, 0.25) is 0 Å². The van der Waals surface area contributed by atoms with Crippen molar-refractivity contribution in [2.45, 2.75) is 38.6 Å². The lowest BCUT2D eigenvalue weighted by Crippen LogP contribution is -2.38. The predicted molar refractivity (Wildman–Crippen MR) is 124 cm³/mol. The van der Waals surface area contributed by atoms with Crippen molar-refractivity contribution in [3.8, 4) is 5.75 Å². The van der Waals surface area contributed by atoms with E-state index in [0.717, 1.165) is 74.8 Å². The molecule has 0 aromatic heterocycles. The van der Waals surface area contributed by atoms with Crippen LogP contribution in [0.1, 0.15) is 46.3 Å². The van der Waals surface area contributed by atoms with E-state index >= 15 is 0 Å². The maximum Gasteiger partial charge on any atom is 0.253 e. The van der Waals surface area contributed by atoms with Gasteiger partial charge in [-0.2, -0.15) is 0 Å². The lowest BCUT2D eigenvalue weighted by Gasteiger charge is -2.26. The van der Waals surface area contributed by atoms with Gasteiger partial charge in [-0.05, 0) is 60.6 Å². The Hall–Kier alpha value is -3.02. The number of aliphatic imine (C=N–C) groups is 1. The molecule has 2 N–H and O–H groups in total. The molecule has 2 aliphatic rings. The number of amides is 1. The second-order valence-electron chi connectivity index (χ2n) is 8.19. The highest BCUT2D eigenvalue weighted by Gasteiger charge is 2.17. The highest BCUT2D eigenvalue weighted by molar-refractivity contribution is 5.94. The van der Waals surface area contributed by atoms with Crippen LogP contribution in [0.2, 0.25) is 0 Å². The topological polar surface area (TPSA) is 66.0 Å². The predicted octanol–water partition coefficient (Wildman–Crippen LogP) is 3.16. The Morgan fingerprint density at radius 1 is 1.03 bits per heavy atom. The van der Waals surface area contributed by atoms with Crippen molar-refractivity contribution >= 4 is 11.9 Å². The molecule has 2 aromatic rings. The fraction of sp³-hybridized carbons (Fsp3) is 0.440. The number of rotatable bonds is 6. The van der Waals surface area contributed by atoms with Crippen molar-refractivity contribution in [1.82, 2.24) is 15.5 Å². The van der Waals surface area contributed by atoms with E-state index in [-0.39, 0.29) is 5.91 Å². The minimum Gasteiger partial charge on any atom is -0.493 e. The Labute approximate surface area is 184 Å². The summed E-state index contributed by atoms with van der Waals surface area (Å²) in [6, 6.07) is 14.4. The molecule has 1 saturated heterocycles. The molecule has 1 fully saturated rings. The first-order valence-electron chi connectivity index (χ1n) is 11.3. The van der Waals surface area contributed by atoms with Crippen LogP contribution in [0.4, 0.5) is 0 Å². The molecule has 0 atom stereocenters. The summed E-state index contributed by atoms with van der Waals surface area (Å²) in [6.45, 7) is 4.02. The van der Waals surface area contributed by atoms with Crippen LogP contribution in [0.5, 0.6) is 5.75 Å². The Bertz CT molecular complexity index is 918. The third-order valence-corrected chi connectivity index (χ3v) is 5.99. The Morgan fingerprint density at radius 2 is 1.81 bits per heavy atom. The molecule has 2 aliphatic heterocycles. The minimum atomic E-state index is 0.148. The summed E-state index contributed by atoms with van der Waals surface area (Å²) in [4.78, 5) is 18.9. The summed E-state index contributed by atoms with van der Waals surface area (Å²) in [5.41, 5.74) is 4.51. The number of piperidine rings is 1. The van der Waals surface area contributed by atoms with Crippen molar-refractivity contribution in [3.05, 3.63) is 64.7 Å². The lowest BCUT2D eigenvalue weighted by molar-refractivity contribution is 0.0724. The second-order valence-corrected chi connectivity index (χ2v) is 8.19. The molecule has 164 valence electrons. The van der Waals surface area contributed by atoms with Crippen LogP contribution in [0.15, 0.2) is 47.5 Å². The van der Waals surface area contributed by atoms with Crippen LogP contribution >= 0.6 is 0 Å². The summed E-state index contributed by atoms with van der Waals surface area (Å²) >= 11 is 0. The zero-order chi connectivity index (χ0) is 21.5. The molecule has 0 bridgehead atoms. The van der Waals surface area contributed by atoms with Crippen LogP contribution in [0.25, 0.3) is 0 Å². The van der Waals surface area contributed by atoms with E-state index in [1.165, 1.54) is 17.5 Å². The molecule has 6 nitrogen and oxygen atoms in total. The summed E-state index contributed by atoms with van der Waals surface area (Å²) in [5.74, 6) is 1.95. The first kappa shape index (κ1) is 21.2. The number of guanidine groups is 1. The van der Waals surface area contributed by atoms with E-state index < -0.39 is 0 Å². The van der Waals surface area contributed by atoms with Crippen LogP contribution in [0.3, 0.4) is 0 Å². The van der Waals surface area contributed by atoms with Gasteiger partial charge in [0.15, 0.2) is 5.96 Å². The number of hydrogen-bond donors (Lipinski definition) is 2. The maximum absolute atomic E-state index is 12.6. The quantitative estimate of drug-likeness (QED) is 0.557.